The van der Waals surface area contributed by atoms with E-state index in [0.29, 0.717) is 11.0 Å². The van der Waals surface area contributed by atoms with E-state index in [-0.39, 0.29) is 11.8 Å². The molecule has 21 heavy (non-hydrogen) atoms. The number of hydrogen-bond donors (Lipinski definition) is 1. The van der Waals surface area contributed by atoms with Crippen LogP contribution < -0.4 is 10.1 Å². The third-order valence-corrected chi connectivity index (χ3v) is 5.83. The van der Waals surface area contributed by atoms with Crippen molar-refractivity contribution in [3.05, 3.63) is 18.2 Å². The number of nitrogens with one attached hydrogen (secondary N) is 1. The average molecular weight is 302 g/mol. The molecular weight excluding hydrogens is 284 g/mol. The summed E-state index contributed by atoms with van der Waals surface area (Å²) in [6, 6.07) is 5.78. The lowest BCUT2D eigenvalue weighted by Crippen LogP contribution is -2.27. The molecule has 0 aliphatic heterocycles. The second-order valence-corrected chi connectivity index (χ2v) is 7.15. The Morgan fingerprint density at radius 3 is 3.00 bits per heavy atom. The molecule has 2 aliphatic rings. The lowest BCUT2D eigenvalue weighted by atomic mass is 9.88. The first-order chi connectivity index (χ1) is 10.2. The van der Waals surface area contributed by atoms with Crippen LogP contribution in [0.15, 0.2) is 18.2 Å². The van der Waals surface area contributed by atoms with E-state index in [1.807, 2.05) is 18.2 Å². The number of rotatable bonds is 3. The summed E-state index contributed by atoms with van der Waals surface area (Å²) >= 11 is 1.51. The van der Waals surface area contributed by atoms with Gasteiger partial charge in [-0.05, 0) is 49.3 Å². The van der Waals surface area contributed by atoms with E-state index in [0.717, 1.165) is 28.3 Å². The molecule has 2 fully saturated rings. The van der Waals surface area contributed by atoms with E-state index >= 15 is 0 Å². The first kappa shape index (κ1) is 13.1. The van der Waals surface area contributed by atoms with E-state index in [4.69, 9.17) is 4.74 Å². The predicted octanol–water partition coefficient (Wildman–Crippen LogP) is 3.68. The minimum absolute atomic E-state index is 0.160. The number of benzene rings is 1. The maximum Gasteiger partial charge on any atom is 0.229 e. The predicted molar refractivity (Wildman–Crippen MR) is 83.7 cm³/mol. The molecule has 1 aromatic carbocycles. The van der Waals surface area contributed by atoms with E-state index in [1.54, 1.807) is 7.11 Å². The van der Waals surface area contributed by atoms with Crippen LogP contribution in [0.1, 0.15) is 25.7 Å². The molecule has 110 valence electrons. The van der Waals surface area contributed by atoms with E-state index in [2.05, 4.69) is 10.3 Å². The summed E-state index contributed by atoms with van der Waals surface area (Å²) < 4.78 is 6.26. The first-order valence-electron chi connectivity index (χ1n) is 7.48. The average Bonchev–Trinajstić information content (AvgIpc) is 3.20. The number of hydrogen-bond acceptors (Lipinski definition) is 4. The molecule has 1 N–H and O–H groups in total. The van der Waals surface area contributed by atoms with Crippen LogP contribution in [0.5, 0.6) is 5.75 Å². The van der Waals surface area contributed by atoms with Crippen LogP contribution in [0.2, 0.25) is 0 Å². The van der Waals surface area contributed by atoms with Crippen molar-refractivity contribution in [2.24, 2.45) is 17.8 Å². The maximum absolute atomic E-state index is 12.4. The number of aromatic nitrogens is 1. The third kappa shape index (κ3) is 2.29. The first-order valence-corrected chi connectivity index (χ1v) is 8.30. The molecular formula is C16H18N2O2S. The topological polar surface area (TPSA) is 51.2 Å². The molecule has 2 aliphatic carbocycles. The Bertz CT molecular complexity index is 697. The van der Waals surface area contributed by atoms with Gasteiger partial charge >= 0.3 is 0 Å². The van der Waals surface area contributed by atoms with Crippen molar-refractivity contribution in [3.8, 4) is 5.75 Å². The van der Waals surface area contributed by atoms with Crippen LogP contribution in [-0.2, 0) is 4.79 Å². The minimum Gasteiger partial charge on any atom is -0.497 e. The number of carbonyl (C=O) groups excluding carboxylic acids is 1. The van der Waals surface area contributed by atoms with Gasteiger partial charge in [0.1, 0.15) is 5.75 Å². The second kappa shape index (κ2) is 4.98. The normalized spacial score (nSPS) is 27.2. The Balaban J connectivity index is 1.52. The minimum atomic E-state index is 0.160. The van der Waals surface area contributed by atoms with Crippen molar-refractivity contribution in [1.82, 2.24) is 4.98 Å². The van der Waals surface area contributed by atoms with Crippen LogP contribution in [0.25, 0.3) is 10.2 Å². The van der Waals surface area contributed by atoms with Gasteiger partial charge in [-0.2, -0.15) is 0 Å². The number of anilines is 1. The fourth-order valence-corrected chi connectivity index (χ4v) is 4.75. The zero-order valence-corrected chi connectivity index (χ0v) is 12.8. The Hall–Kier alpha value is -1.62. The lowest BCUT2D eigenvalue weighted by Gasteiger charge is -2.19. The van der Waals surface area contributed by atoms with Crippen LogP contribution in [0.3, 0.4) is 0 Å². The summed E-state index contributed by atoms with van der Waals surface area (Å²) in [7, 11) is 1.65. The monoisotopic (exact) mass is 302 g/mol. The summed E-state index contributed by atoms with van der Waals surface area (Å²) in [4.78, 5) is 16.9. The van der Waals surface area contributed by atoms with Crippen molar-refractivity contribution < 1.29 is 9.53 Å². The Kier molecular flexibility index (Phi) is 3.10. The zero-order chi connectivity index (χ0) is 14.4. The van der Waals surface area contributed by atoms with Crippen molar-refractivity contribution in [2.75, 3.05) is 12.4 Å². The summed E-state index contributed by atoms with van der Waals surface area (Å²) in [5.41, 5.74) is 0.907. The van der Waals surface area contributed by atoms with Crippen molar-refractivity contribution in [2.45, 2.75) is 25.7 Å². The summed E-state index contributed by atoms with van der Waals surface area (Å²) in [6.45, 7) is 0. The smallest absolute Gasteiger partial charge is 0.229 e. The van der Waals surface area contributed by atoms with Crippen molar-refractivity contribution in [3.63, 3.8) is 0 Å². The molecule has 2 bridgehead atoms. The summed E-state index contributed by atoms with van der Waals surface area (Å²) in [5, 5.41) is 3.72. The SMILES string of the molecule is COc1ccc2nc(NC(=O)C3CC4CCC3C4)sc2c1. The van der Waals surface area contributed by atoms with Crippen molar-refractivity contribution in [1.29, 1.82) is 0 Å². The fourth-order valence-electron chi connectivity index (χ4n) is 3.85. The number of ether oxygens (including phenoxy) is 1. The Morgan fingerprint density at radius 1 is 1.38 bits per heavy atom. The molecule has 0 spiro atoms. The largest absolute Gasteiger partial charge is 0.497 e. The molecule has 3 unspecified atom stereocenters. The molecule has 4 rings (SSSR count). The lowest BCUT2D eigenvalue weighted by molar-refractivity contribution is -0.121. The number of nitrogens with zero attached hydrogens (tertiary/aromatic N) is 1. The summed E-state index contributed by atoms with van der Waals surface area (Å²) in [5.74, 6) is 2.56. The van der Waals surface area contributed by atoms with Gasteiger partial charge in [-0.25, -0.2) is 4.98 Å². The molecule has 0 radical (unpaired) electrons. The van der Waals surface area contributed by atoms with Gasteiger partial charge in [-0.15, -0.1) is 0 Å². The molecule has 3 atom stereocenters. The van der Waals surface area contributed by atoms with Gasteiger partial charge < -0.3 is 10.1 Å². The van der Waals surface area contributed by atoms with E-state index < -0.39 is 0 Å². The molecule has 5 heteroatoms. The van der Waals surface area contributed by atoms with Gasteiger partial charge in [-0.3, -0.25) is 4.79 Å². The van der Waals surface area contributed by atoms with Crippen molar-refractivity contribution >= 4 is 32.6 Å². The Morgan fingerprint density at radius 2 is 2.29 bits per heavy atom. The number of thiazole rings is 1. The maximum atomic E-state index is 12.4. The zero-order valence-electron chi connectivity index (χ0n) is 12.0. The second-order valence-electron chi connectivity index (χ2n) is 6.12. The van der Waals surface area contributed by atoms with Gasteiger partial charge in [0.2, 0.25) is 5.91 Å². The highest BCUT2D eigenvalue weighted by atomic mass is 32.1. The quantitative estimate of drug-likeness (QED) is 0.941. The van der Waals surface area contributed by atoms with Gasteiger partial charge in [0.25, 0.3) is 0 Å². The molecule has 1 amide bonds. The van der Waals surface area contributed by atoms with Gasteiger partial charge in [0.15, 0.2) is 5.13 Å². The molecule has 4 nitrogen and oxygen atoms in total. The highest BCUT2D eigenvalue weighted by molar-refractivity contribution is 7.22. The molecule has 2 aromatic rings. The Labute approximate surface area is 127 Å². The van der Waals surface area contributed by atoms with Crippen LogP contribution in [0, 0.1) is 17.8 Å². The number of methoxy groups -OCH3 is 1. The van der Waals surface area contributed by atoms with E-state index in [1.165, 1.54) is 30.6 Å². The third-order valence-electron chi connectivity index (χ3n) is 4.90. The number of amides is 1. The highest BCUT2D eigenvalue weighted by Crippen LogP contribution is 2.48. The number of fused-ring (bicyclic) bond motifs is 3. The van der Waals surface area contributed by atoms with Crippen LogP contribution in [0.4, 0.5) is 5.13 Å². The molecule has 2 saturated carbocycles. The number of carbonyl (C=O) groups is 1. The van der Waals surface area contributed by atoms with Gasteiger partial charge in [0, 0.05) is 5.92 Å². The molecule has 1 heterocycles. The molecule has 1 aromatic heterocycles. The fraction of sp³-hybridized carbons (Fsp3) is 0.500. The highest BCUT2D eigenvalue weighted by Gasteiger charge is 2.43. The van der Waals surface area contributed by atoms with Crippen LogP contribution in [-0.4, -0.2) is 18.0 Å². The summed E-state index contributed by atoms with van der Waals surface area (Å²) in [6.07, 6.45) is 4.85. The van der Waals surface area contributed by atoms with E-state index in [9.17, 15) is 4.79 Å². The van der Waals surface area contributed by atoms with Gasteiger partial charge in [0.05, 0.1) is 17.3 Å². The molecule has 0 saturated heterocycles. The standard InChI is InChI=1S/C16H18N2O2S/c1-20-11-4-5-13-14(8-11)21-16(17-13)18-15(19)12-7-9-2-3-10(12)6-9/h4-5,8-10,12H,2-3,6-7H2,1H3,(H,17,18,19). The van der Waals surface area contributed by atoms with Gasteiger partial charge in [-0.1, -0.05) is 17.8 Å². The van der Waals surface area contributed by atoms with Crippen LogP contribution >= 0.6 is 11.3 Å².